The first kappa shape index (κ1) is 17.5. The van der Waals surface area contributed by atoms with Crippen molar-refractivity contribution in [3.63, 3.8) is 0 Å². The van der Waals surface area contributed by atoms with Gasteiger partial charge in [-0.05, 0) is 59.4 Å². The molecule has 114 valence electrons. The highest BCUT2D eigenvalue weighted by Crippen LogP contribution is 2.33. The summed E-state index contributed by atoms with van der Waals surface area (Å²) in [5.74, 6) is 1.60. The molecule has 20 heavy (non-hydrogen) atoms. The summed E-state index contributed by atoms with van der Waals surface area (Å²) in [4.78, 5) is 0. The highest BCUT2D eigenvalue weighted by Gasteiger charge is 2.20. The maximum absolute atomic E-state index is 5.60. The first-order valence-electron chi connectivity index (χ1n) is 7.83. The minimum absolute atomic E-state index is 0.428. The van der Waals surface area contributed by atoms with Crippen molar-refractivity contribution in [2.24, 2.45) is 5.92 Å². The van der Waals surface area contributed by atoms with Crippen LogP contribution < -0.4 is 10.1 Å². The van der Waals surface area contributed by atoms with Gasteiger partial charge in [-0.3, -0.25) is 0 Å². The van der Waals surface area contributed by atoms with Crippen LogP contribution >= 0.6 is 15.9 Å². The molecule has 0 heterocycles. The Hall–Kier alpha value is -0.540. The number of halogens is 1. The minimum atomic E-state index is 0.428. The van der Waals surface area contributed by atoms with Crippen molar-refractivity contribution in [1.29, 1.82) is 0 Å². The van der Waals surface area contributed by atoms with E-state index in [1.807, 2.05) is 6.92 Å². The maximum Gasteiger partial charge on any atom is 0.133 e. The topological polar surface area (TPSA) is 21.3 Å². The van der Waals surface area contributed by atoms with E-state index >= 15 is 0 Å². The van der Waals surface area contributed by atoms with Gasteiger partial charge in [0, 0.05) is 6.04 Å². The fraction of sp³-hybridized carbons (Fsp3) is 0.647. The van der Waals surface area contributed by atoms with Gasteiger partial charge in [-0.25, -0.2) is 0 Å². The molecule has 0 radical (unpaired) electrons. The lowest BCUT2D eigenvalue weighted by Gasteiger charge is -2.27. The summed E-state index contributed by atoms with van der Waals surface area (Å²) in [5.41, 5.74) is 1.35. The summed E-state index contributed by atoms with van der Waals surface area (Å²) in [6, 6.07) is 6.90. The van der Waals surface area contributed by atoms with E-state index in [1.165, 1.54) is 18.4 Å². The van der Waals surface area contributed by atoms with E-state index in [0.717, 1.165) is 23.2 Å². The monoisotopic (exact) mass is 341 g/mol. The quantitative estimate of drug-likeness (QED) is 0.655. The fourth-order valence-electron chi connectivity index (χ4n) is 2.60. The summed E-state index contributed by atoms with van der Waals surface area (Å²) < 4.78 is 6.65. The molecule has 1 atom stereocenters. The molecule has 1 aromatic carbocycles. The van der Waals surface area contributed by atoms with Gasteiger partial charge in [-0.15, -0.1) is 0 Å². The molecule has 0 saturated heterocycles. The van der Waals surface area contributed by atoms with Crippen molar-refractivity contribution in [1.82, 2.24) is 5.32 Å². The average molecular weight is 342 g/mol. The van der Waals surface area contributed by atoms with E-state index < -0.39 is 0 Å². The molecular weight excluding hydrogens is 314 g/mol. The van der Waals surface area contributed by atoms with Gasteiger partial charge in [0.1, 0.15) is 5.75 Å². The van der Waals surface area contributed by atoms with Crippen molar-refractivity contribution in [2.75, 3.05) is 13.2 Å². The predicted molar refractivity (Wildman–Crippen MR) is 90.4 cm³/mol. The first-order valence-corrected chi connectivity index (χ1v) is 8.62. The van der Waals surface area contributed by atoms with Crippen LogP contribution in [0.3, 0.4) is 0 Å². The highest BCUT2D eigenvalue weighted by atomic mass is 79.9. The standard InChI is InChI=1S/C17H28BrNO/c1-5-11-19-17(13(6-2)7-3)14-9-10-16(20-8-4)15(18)12-14/h9-10,12-13,17,19H,5-8,11H2,1-4H3. The molecule has 1 aromatic rings. The van der Waals surface area contributed by atoms with Gasteiger partial charge in [-0.2, -0.15) is 0 Å². The lowest BCUT2D eigenvalue weighted by atomic mass is 9.88. The Morgan fingerprint density at radius 2 is 1.85 bits per heavy atom. The number of rotatable bonds is 9. The van der Waals surface area contributed by atoms with E-state index in [1.54, 1.807) is 0 Å². The summed E-state index contributed by atoms with van der Waals surface area (Å²) in [5, 5.41) is 3.70. The Labute approximate surface area is 132 Å². The Bertz CT molecular complexity index is 391. The molecule has 0 spiro atoms. The lowest BCUT2D eigenvalue weighted by molar-refractivity contribution is 0.333. The van der Waals surface area contributed by atoms with Gasteiger partial charge in [0.15, 0.2) is 0 Å². The number of hydrogen-bond acceptors (Lipinski definition) is 2. The zero-order chi connectivity index (χ0) is 15.0. The molecule has 2 nitrogen and oxygen atoms in total. The van der Waals surface area contributed by atoms with Gasteiger partial charge >= 0.3 is 0 Å². The highest BCUT2D eigenvalue weighted by molar-refractivity contribution is 9.10. The third-order valence-electron chi connectivity index (χ3n) is 3.75. The molecule has 0 amide bonds. The minimum Gasteiger partial charge on any atom is -0.493 e. The molecule has 1 unspecified atom stereocenters. The lowest BCUT2D eigenvalue weighted by Crippen LogP contribution is -2.28. The molecule has 1 rings (SSSR count). The van der Waals surface area contributed by atoms with Crippen LogP contribution in [-0.2, 0) is 0 Å². The Balaban J connectivity index is 2.97. The summed E-state index contributed by atoms with van der Waals surface area (Å²) in [6.07, 6.45) is 3.56. The largest absolute Gasteiger partial charge is 0.493 e. The fourth-order valence-corrected chi connectivity index (χ4v) is 3.11. The smallest absolute Gasteiger partial charge is 0.133 e. The average Bonchev–Trinajstić information content (AvgIpc) is 2.46. The van der Waals surface area contributed by atoms with Crippen LogP contribution in [0.25, 0.3) is 0 Å². The second kappa shape index (κ2) is 9.41. The summed E-state index contributed by atoms with van der Waals surface area (Å²) in [6.45, 7) is 10.5. The maximum atomic E-state index is 5.60. The van der Waals surface area contributed by atoms with E-state index in [0.29, 0.717) is 18.6 Å². The normalized spacial score (nSPS) is 12.7. The third kappa shape index (κ3) is 4.78. The molecule has 0 aromatic heterocycles. The SMILES string of the molecule is CCCNC(c1ccc(OCC)c(Br)c1)C(CC)CC. The molecule has 0 aliphatic carbocycles. The second-order valence-electron chi connectivity index (χ2n) is 5.13. The van der Waals surface area contributed by atoms with E-state index in [4.69, 9.17) is 4.74 Å². The van der Waals surface area contributed by atoms with Crippen molar-refractivity contribution < 1.29 is 4.74 Å². The van der Waals surface area contributed by atoms with Crippen molar-refractivity contribution in [3.8, 4) is 5.75 Å². The number of benzene rings is 1. The van der Waals surface area contributed by atoms with Gasteiger partial charge < -0.3 is 10.1 Å². The number of hydrogen-bond donors (Lipinski definition) is 1. The Kier molecular flexibility index (Phi) is 8.24. The van der Waals surface area contributed by atoms with Crippen LogP contribution in [0.5, 0.6) is 5.75 Å². The van der Waals surface area contributed by atoms with Crippen molar-refractivity contribution in [3.05, 3.63) is 28.2 Å². The van der Waals surface area contributed by atoms with E-state index in [2.05, 4.69) is 60.2 Å². The van der Waals surface area contributed by atoms with Crippen LogP contribution in [0.1, 0.15) is 58.6 Å². The number of ether oxygens (including phenoxy) is 1. The predicted octanol–water partition coefficient (Wildman–Crippen LogP) is 5.32. The first-order chi connectivity index (χ1) is 9.67. The third-order valence-corrected chi connectivity index (χ3v) is 4.37. The van der Waals surface area contributed by atoms with Crippen LogP contribution in [0.2, 0.25) is 0 Å². The van der Waals surface area contributed by atoms with Crippen LogP contribution in [-0.4, -0.2) is 13.2 Å². The molecule has 0 saturated carbocycles. The van der Waals surface area contributed by atoms with Gasteiger partial charge in [-0.1, -0.05) is 39.7 Å². The number of nitrogens with one attached hydrogen (secondary N) is 1. The molecule has 0 fully saturated rings. The summed E-state index contributed by atoms with van der Waals surface area (Å²) >= 11 is 3.62. The van der Waals surface area contributed by atoms with Crippen LogP contribution in [0, 0.1) is 5.92 Å². The van der Waals surface area contributed by atoms with Crippen LogP contribution in [0.15, 0.2) is 22.7 Å². The Morgan fingerprint density at radius 1 is 1.15 bits per heavy atom. The van der Waals surface area contributed by atoms with Crippen molar-refractivity contribution >= 4 is 15.9 Å². The van der Waals surface area contributed by atoms with Gasteiger partial charge in [0.2, 0.25) is 0 Å². The summed E-state index contributed by atoms with van der Waals surface area (Å²) in [7, 11) is 0. The molecular formula is C17H28BrNO. The van der Waals surface area contributed by atoms with E-state index in [-0.39, 0.29) is 0 Å². The molecule has 1 N–H and O–H groups in total. The zero-order valence-electron chi connectivity index (χ0n) is 13.2. The van der Waals surface area contributed by atoms with Crippen molar-refractivity contribution in [2.45, 2.75) is 53.0 Å². The molecule has 0 aliphatic rings. The van der Waals surface area contributed by atoms with Gasteiger partial charge in [0.05, 0.1) is 11.1 Å². The van der Waals surface area contributed by atoms with E-state index in [9.17, 15) is 0 Å². The molecule has 3 heteroatoms. The molecule has 0 bridgehead atoms. The Morgan fingerprint density at radius 3 is 2.35 bits per heavy atom. The second-order valence-corrected chi connectivity index (χ2v) is 5.99. The molecule has 0 aliphatic heterocycles. The van der Waals surface area contributed by atoms with Crippen LogP contribution in [0.4, 0.5) is 0 Å². The van der Waals surface area contributed by atoms with Gasteiger partial charge in [0.25, 0.3) is 0 Å². The zero-order valence-corrected chi connectivity index (χ0v) is 14.8.